The minimum Gasteiger partial charge on any atom is -0.455 e. The Labute approximate surface area is 157 Å². The molecule has 0 aromatic carbocycles. The number of allylic oxidation sites excluding steroid dienone is 1. The highest BCUT2D eigenvalue weighted by Gasteiger charge is 2.42. The predicted octanol–water partition coefficient (Wildman–Crippen LogP) is 3.63. The first kappa shape index (κ1) is 22.6. The third-order valence-electron chi connectivity index (χ3n) is 5.79. The molecule has 0 aromatic rings. The Balaban J connectivity index is 3.27. The van der Waals surface area contributed by atoms with Gasteiger partial charge in [0.05, 0.1) is 0 Å². The van der Waals surface area contributed by atoms with E-state index in [-0.39, 0.29) is 36.2 Å². The average Bonchev–Trinajstić information content (AvgIpc) is 2.54. The van der Waals surface area contributed by atoms with E-state index in [1.807, 2.05) is 27.7 Å². The van der Waals surface area contributed by atoms with E-state index in [0.717, 1.165) is 0 Å². The van der Waals surface area contributed by atoms with Crippen LogP contribution in [0.3, 0.4) is 0 Å². The van der Waals surface area contributed by atoms with Crippen LogP contribution < -0.4 is 0 Å². The fraction of sp³-hybridized carbons (Fsp3) is 0.762. The summed E-state index contributed by atoms with van der Waals surface area (Å²) >= 11 is 0. The van der Waals surface area contributed by atoms with E-state index in [4.69, 9.17) is 4.74 Å². The van der Waals surface area contributed by atoms with E-state index in [0.29, 0.717) is 18.4 Å². The van der Waals surface area contributed by atoms with Crippen LogP contribution in [0.15, 0.2) is 11.6 Å². The van der Waals surface area contributed by atoms with E-state index in [1.165, 1.54) is 6.92 Å². The summed E-state index contributed by atoms with van der Waals surface area (Å²) in [6.45, 7) is 12.6. The van der Waals surface area contributed by atoms with Gasteiger partial charge in [-0.25, -0.2) is 4.79 Å². The van der Waals surface area contributed by atoms with Crippen molar-refractivity contribution in [2.75, 3.05) is 0 Å². The monoisotopic (exact) mass is 366 g/mol. The lowest BCUT2D eigenvalue weighted by Gasteiger charge is -2.34. The van der Waals surface area contributed by atoms with Gasteiger partial charge in [0, 0.05) is 23.8 Å². The molecule has 0 radical (unpaired) electrons. The number of hydrogen-bond donors (Lipinski definition) is 1. The van der Waals surface area contributed by atoms with Gasteiger partial charge in [-0.2, -0.15) is 0 Å². The van der Waals surface area contributed by atoms with Gasteiger partial charge in [-0.1, -0.05) is 40.7 Å². The number of ketones is 2. The Kier molecular flexibility index (Phi) is 7.34. The topological polar surface area (TPSA) is 80.7 Å². The largest absolute Gasteiger partial charge is 0.455 e. The van der Waals surface area contributed by atoms with E-state index >= 15 is 0 Å². The molecule has 0 spiro atoms. The maximum Gasteiger partial charge on any atom is 0.333 e. The van der Waals surface area contributed by atoms with Crippen molar-refractivity contribution in [1.29, 1.82) is 0 Å². The highest BCUT2D eigenvalue weighted by atomic mass is 16.6. The molecule has 0 amide bonds. The van der Waals surface area contributed by atoms with Gasteiger partial charge in [-0.15, -0.1) is 0 Å². The highest BCUT2D eigenvalue weighted by Crippen LogP contribution is 2.34. The fourth-order valence-corrected chi connectivity index (χ4v) is 3.42. The minimum absolute atomic E-state index is 0.00877. The molecule has 1 rings (SSSR count). The molecule has 1 heterocycles. The Hall–Kier alpha value is -1.49. The van der Waals surface area contributed by atoms with E-state index in [9.17, 15) is 19.5 Å². The zero-order chi connectivity index (χ0) is 20.3. The zero-order valence-corrected chi connectivity index (χ0v) is 17.2. The first-order chi connectivity index (χ1) is 11.8. The van der Waals surface area contributed by atoms with E-state index in [1.54, 1.807) is 19.9 Å². The van der Waals surface area contributed by atoms with Crippen LogP contribution in [0.1, 0.15) is 74.1 Å². The van der Waals surface area contributed by atoms with Gasteiger partial charge >= 0.3 is 5.97 Å². The molecule has 1 aliphatic rings. The minimum atomic E-state index is -1.73. The van der Waals surface area contributed by atoms with Crippen LogP contribution in [0.5, 0.6) is 0 Å². The molecular formula is C21H34O5. The molecule has 1 N–H and O–H groups in total. The lowest BCUT2D eigenvalue weighted by Crippen LogP contribution is -2.49. The SMILES string of the molecule is CCC1OC(=O)/C(C)=C\CC(=O)C(C)(C)CC(C)C(C)CC(=O)C1(C)O. The Morgan fingerprint density at radius 2 is 1.69 bits per heavy atom. The maximum absolute atomic E-state index is 12.7. The molecule has 148 valence electrons. The number of hydrogen-bond acceptors (Lipinski definition) is 5. The van der Waals surface area contributed by atoms with Gasteiger partial charge < -0.3 is 9.84 Å². The van der Waals surface area contributed by atoms with E-state index < -0.39 is 23.1 Å². The third kappa shape index (κ3) is 5.26. The smallest absolute Gasteiger partial charge is 0.333 e. The number of ether oxygens (including phenoxy) is 1. The molecule has 4 atom stereocenters. The number of rotatable bonds is 1. The molecule has 0 bridgehead atoms. The molecule has 5 heteroatoms. The number of Topliss-reactive ketones (excluding diaryl/α,β-unsaturated/α-hetero) is 2. The van der Waals surface area contributed by atoms with Gasteiger partial charge in [0.25, 0.3) is 0 Å². The fourth-order valence-electron chi connectivity index (χ4n) is 3.42. The Morgan fingerprint density at radius 3 is 2.23 bits per heavy atom. The molecule has 0 fully saturated rings. The Morgan fingerprint density at radius 1 is 1.12 bits per heavy atom. The van der Waals surface area contributed by atoms with Crippen molar-refractivity contribution < 1.29 is 24.2 Å². The standard InChI is InChI=1S/C21H34O5/c1-8-18-21(7,25)17(23)11-14(3)15(4)12-20(5,6)16(22)10-9-13(2)19(24)26-18/h9,14-15,18,25H,8,10-12H2,1-7H3/b13-9-. The van der Waals surface area contributed by atoms with Crippen molar-refractivity contribution in [2.45, 2.75) is 85.9 Å². The van der Waals surface area contributed by atoms with Crippen molar-refractivity contribution >= 4 is 17.5 Å². The van der Waals surface area contributed by atoms with Gasteiger partial charge in [-0.3, -0.25) is 9.59 Å². The highest BCUT2D eigenvalue weighted by molar-refractivity contribution is 5.92. The van der Waals surface area contributed by atoms with Crippen LogP contribution in [-0.2, 0) is 19.1 Å². The molecule has 4 unspecified atom stereocenters. The average molecular weight is 366 g/mol. The number of esters is 1. The van der Waals surface area contributed by atoms with Crippen LogP contribution in [0, 0.1) is 17.3 Å². The van der Waals surface area contributed by atoms with Gasteiger partial charge in [0.2, 0.25) is 0 Å². The molecular weight excluding hydrogens is 332 g/mol. The van der Waals surface area contributed by atoms with Crippen LogP contribution in [-0.4, -0.2) is 34.3 Å². The second-order valence-electron chi connectivity index (χ2n) is 8.63. The number of cyclic esters (lactones) is 1. The van der Waals surface area contributed by atoms with Gasteiger partial charge in [-0.05, 0) is 38.5 Å². The lowest BCUT2D eigenvalue weighted by atomic mass is 9.73. The Bertz CT molecular complexity index is 585. The summed E-state index contributed by atoms with van der Waals surface area (Å²) in [7, 11) is 0. The number of carbonyl (C=O) groups excluding carboxylic acids is 3. The molecule has 0 saturated heterocycles. The summed E-state index contributed by atoms with van der Waals surface area (Å²) in [6.07, 6.45) is 1.99. The second-order valence-corrected chi connectivity index (χ2v) is 8.63. The number of aliphatic hydroxyl groups is 1. The summed E-state index contributed by atoms with van der Waals surface area (Å²) in [6, 6.07) is 0. The van der Waals surface area contributed by atoms with Gasteiger partial charge in [0.1, 0.15) is 11.9 Å². The lowest BCUT2D eigenvalue weighted by molar-refractivity contribution is -0.167. The quantitative estimate of drug-likeness (QED) is 0.717. The third-order valence-corrected chi connectivity index (χ3v) is 5.79. The summed E-state index contributed by atoms with van der Waals surface area (Å²) in [5.41, 5.74) is -1.96. The van der Waals surface area contributed by atoms with Crippen LogP contribution >= 0.6 is 0 Å². The summed E-state index contributed by atoms with van der Waals surface area (Å²) in [4.78, 5) is 37.6. The molecule has 0 aliphatic carbocycles. The molecule has 5 nitrogen and oxygen atoms in total. The first-order valence-corrected chi connectivity index (χ1v) is 9.49. The maximum atomic E-state index is 12.7. The summed E-state index contributed by atoms with van der Waals surface area (Å²) in [5.74, 6) is -0.724. The van der Waals surface area contributed by atoms with Crippen LogP contribution in [0.4, 0.5) is 0 Å². The summed E-state index contributed by atoms with van der Waals surface area (Å²) < 4.78 is 5.40. The van der Waals surface area contributed by atoms with Crippen molar-refractivity contribution in [2.24, 2.45) is 17.3 Å². The van der Waals surface area contributed by atoms with Crippen LogP contribution in [0.2, 0.25) is 0 Å². The molecule has 0 saturated carbocycles. The van der Waals surface area contributed by atoms with Crippen molar-refractivity contribution in [1.82, 2.24) is 0 Å². The van der Waals surface area contributed by atoms with Crippen molar-refractivity contribution in [3.05, 3.63) is 11.6 Å². The van der Waals surface area contributed by atoms with Crippen molar-refractivity contribution in [3.8, 4) is 0 Å². The van der Waals surface area contributed by atoms with Gasteiger partial charge in [0.15, 0.2) is 11.4 Å². The van der Waals surface area contributed by atoms with Crippen LogP contribution in [0.25, 0.3) is 0 Å². The van der Waals surface area contributed by atoms with E-state index in [2.05, 4.69) is 0 Å². The predicted molar refractivity (Wildman–Crippen MR) is 101 cm³/mol. The molecule has 26 heavy (non-hydrogen) atoms. The normalized spacial score (nSPS) is 36.7. The second kappa shape index (κ2) is 8.47. The summed E-state index contributed by atoms with van der Waals surface area (Å²) in [5, 5.41) is 10.8. The first-order valence-electron chi connectivity index (χ1n) is 9.49. The molecule has 0 aromatic heterocycles. The zero-order valence-electron chi connectivity index (χ0n) is 17.2. The van der Waals surface area contributed by atoms with Crippen molar-refractivity contribution in [3.63, 3.8) is 0 Å². The number of carbonyl (C=O) groups is 3. The molecule has 1 aliphatic heterocycles.